The van der Waals surface area contributed by atoms with Gasteiger partial charge in [0.2, 0.25) is 0 Å². The summed E-state index contributed by atoms with van der Waals surface area (Å²) < 4.78 is 0. The van der Waals surface area contributed by atoms with Crippen molar-refractivity contribution in [2.75, 3.05) is 24.6 Å². The van der Waals surface area contributed by atoms with Gasteiger partial charge in [-0.25, -0.2) is 0 Å². The molecule has 0 amide bonds. The number of rotatable bonds is 20. The molecule has 0 aromatic carbocycles. The Kier molecular flexibility index (Phi) is 19.5. The fraction of sp³-hybridized carbons (Fsp3) is 1.00. The fourth-order valence-corrected chi connectivity index (χ4v) is 10.1. The minimum atomic E-state index is -0.974. The zero-order valence-electron chi connectivity index (χ0n) is 18.6. The van der Waals surface area contributed by atoms with E-state index in [1.54, 1.807) is 37.5 Å². The third kappa shape index (κ3) is 15.2. The molecule has 0 radical (unpaired) electrons. The van der Waals surface area contributed by atoms with Gasteiger partial charge in [0.25, 0.3) is 0 Å². The van der Waals surface area contributed by atoms with Crippen molar-refractivity contribution in [1.82, 2.24) is 0 Å². The van der Waals surface area contributed by atoms with Crippen LogP contribution in [0.2, 0.25) is 0 Å². The zero-order valence-corrected chi connectivity index (χ0v) is 19.6. The molecule has 0 spiro atoms. The molecule has 0 saturated carbocycles. The molecule has 0 fully saturated rings. The van der Waals surface area contributed by atoms with Crippen LogP contribution in [-0.4, -0.2) is 24.6 Å². The van der Waals surface area contributed by atoms with Gasteiger partial charge in [-0.3, -0.25) is 0 Å². The van der Waals surface area contributed by atoms with Gasteiger partial charge in [-0.2, -0.15) is 0 Å². The Balaban J connectivity index is 4.35. The summed E-state index contributed by atoms with van der Waals surface area (Å²) in [6.45, 7) is 9.45. The first-order valence-corrected chi connectivity index (χ1v) is 15.1. The first-order valence-electron chi connectivity index (χ1n) is 12.2. The molecular weight excluding hydrogens is 319 g/mol. The fourth-order valence-electron chi connectivity index (χ4n) is 4.41. The Morgan fingerprint density at radius 1 is 0.320 bits per heavy atom. The van der Waals surface area contributed by atoms with Crippen molar-refractivity contribution in [3.05, 3.63) is 0 Å². The van der Waals surface area contributed by atoms with E-state index in [1.165, 1.54) is 89.9 Å². The monoisotopic (exact) mass is 372 g/mol. The van der Waals surface area contributed by atoms with Crippen LogP contribution in [0.3, 0.4) is 0 Å². The van der Waals surface area contributed by atoms with Crippen molar-refractivity contribution in [3.8, 4) is 0 Å². The molecular formula is C24H53P. The van der Waals surface area contributed by atoms with Crippen molar-refractivity contribution in [2.45, 2.75) is 130 Å². The number of unbranched alkanes of at least 4 members (excludes halogenated alkanes) is 12. The molecule has 0 aromatic heterocycles. The molecule has 0 atom stereocenters. The van der Waals surface area contributed by atoms with Gasteiger partial charge >= 0.3 is 162 Å². The zero-order chi connectivity index (χ0) is 18.6. The van der Waals surface area contributed by atoms with E-state index in [0.29, 0.717) is 0 Å². The quantitative estimate of drug-likeness (QED) is 0.148. The molecule has 0 aliphatic carbocycles. The van der Waals surface area contributed by atoms with Crippen molar-refractivity contribution in [2.24, 2.45) is 0 Å². The molecule has 0 aromatic rings. The van der Waals surface area contributed by atoms with Crippen LogP contribution < -0.4 is 0 Å². The molecule has 0 heterocycles. The molecule has 0 bridgehead atoms. The SMILES string of the molecule is CCCCCCCC[PH](CCCC)(CCCC)CCCCCCCC. The van der Waals surface area contributed by atoms with Crippen molar-refractivity contribution in [1.29, 1.82) is 0 Å². The van der Waals surface area contributed by atoms with Gasteiger partial charge in [-0.05, 0) is 0 Å². The van der Waals surface area contributed by atoms with E-state index in [-0.39, 0.29) is 0 Å². The van der Waals surface area contributed by atoms with Crippen LogP contribution in [0.15, 0.2) is 0 Å². The van der Waals surface area contributed by atoms with Crippen LogP contribution >= 0.6 is 7.26 Å². The van der Waals surface area contributed by atoms with E-state index in [4.69, 9.17) is 0 Å². The molecule has 154 valence electrons. The van der Waals surface area contributed by atoms with Gasteiger partial charge in [0.05, 0.1) is 0 Å². The van der Waals surface area contributed by atoms with E-state index in [1.807, 2.05) is 0 Å². The van der Waals surface area contributed by atoms with E-state index in [2.05, 4.69) is 27.7 Å². The molecule has 0 aliphatic rings. The minimum absolute atomic E-state index is 0.974. The van der Waals surface area contributed by atoms with Crippen LogP contribution in [-0.2, 0) is 0 Å². The Morgan fingerprint density at radius 2 is 0.600 bits per heavy atom. The maximum atomic E-state index is 2.40. The van der Waals surface area contributed by atoms with Crippen LogP contribution in [0.4, 0.5) is 0 Å². The van der Waals surface area contributed by atoms with Gasteiger partial charge in [0, 0.05) is 0 Å². The van der Waals surface area contributed by atoms with Gasteiger partial charge in [0.1, 0.15) is 0 Å². The van der Waals surface area contributed by atoms with E-state index >= 15 is 0 Å². The summed E-state index contributed by atoms with van der Waals surface area (Å²) in [6.07, 6.45) is 30.2. The maximum absolute atomic E-state index is 2.40. The molecule has 0 aliphatic heterocycles. The average Bonchev–Trinajstić information content (AvgIpc) is 2.63. The molecule has 1 heteroatoms. The summed E-state index contributed by atoms with van der Waals surface area (Å²) in [7, 11) is -0.974. The second-order valence-electron chi connectivity index (χ2n) is 8.74. The predicted molar refractivity (Wildman–Crippen MR) is 124 cm³/mol. The summed E-state index contributed by atoms with van der Waals surface area (Å²) in [5.74, 6) is 0. The van der Waals surface area contributed by atoms with Crippen LogP contribution in [0, 0.1) is 0 Å². The van der Waals surface area contributed by atoms with E-state index in [0.717, 1.165) is 0 Å². The van der Waals surface area contributed by atoms with Gasteiger partial charge in [-0.15, -0.1) is 0 Å². The summed E-state index contributed by atoms with van der Waals surface area (Å²) in [5, 5.41) is 0. The second kappa shape index (κ2) is 19.2. The second-order valence-corrected chi connectivity index (χ2v) is 13.7. The predicted octanol–water partition coefficient (Wildman–Crippen LogP) is 9.06. The van der Waals surface area contributed by atoms with Crippen LogP contribution in [0.5, 0.6) is 0 Å². The summed E-state index contributed by atoms with van der Waals surface area (Å²) >= 11 is 0. The van der Waals surface area contributed by atoms with Crippen LogP contribution in [0.1, 0.15) is 130 Å². The molecule has 0 rings (SSSR count). The van der Waals surface area contributed by atoms with E-state index in [9.17, 15) is 0 Å². The summed E-state index contributed by atoms with van der Waals surface area (Å²) in [5.41, 5.74) is 0. The molecule has 0 saturated heterocycles. The Labute approximate surface area is 162 Å². The van der Waals surface area contributed by atoms with Gasteiger partial charge in [0.15, 0.2) is 0 Å². The topological polar surface area (TPSA) is 0 Å². The normalized spacial score (nSPS) is 12.6. The third-order valence-corrected chi connectivity index (χ3v) is 11.9. The van der Waals surface area contributed by atoms with Crippen LogP contribution in [0.25, 0.3) is 0 Å². The Hall–Kier alpha value is 0.430. The Bertz CT molecular complexity index is 222. The van der Waals surface area contributed by atoms with Crippen molar-refractivity contribution < 1.29 is 0 Å². The van der Waals surface area contributed by atoms with E-state index < -0.39 is 7.26 Å². The Morgan fingerprint density at radius 3 is 0.960 bits per heavy atom. The molecule has 0 unspecified atom stereocenters. The van der Waals surface area contributed by atoms with Crippen molar-refractivity contribution in [3.63, 3.8) is 0 Å². The summed E-state index contributed by atoms with van der Waals surface area (Å²) in [6, 6.07) is 0. The first-order chi connectivity index (χ1) is 12.2. The molecule has 25 heavy (non-hydrogen) atoms. The third-order valence-electron chi connectivity index (χ3n) is 6.24. The first kappa shape index (κ1) is 25.4. The number of hydrogen-bond donors (Lipinski definition) is 0. The molecule has 0 nitrogen and oxygen atoms in total. The van der Waals surface area contributed by atoms with Gasteiger partial charge in [-0.1, -0.05) is 0 Å². The molecule has 0 N–H and O–H groups in total. The van der Waals surface area contributed by atoms with Crippen molar-refractivity contribution >= 4 is 7.26 Å². The average molecular weight is 373 g/mol. The number of hydrogen-bond acceptors (Lipinski definition) is 0. The van der Waals surface area contributed by atoms with Gasteiger partial charge < -0.3 is 0 Å². The summed E-state index contributed by atoms with van der Waals surface area (Å²) in [4.78, 5) is 0. The standard InChI is InChI=1S/C24H53P/c1-5-9-13-15-17-19-23-25(21-11-7-3,22-12-8-4)24-20-18-16-14-10-6-2/h25H,5-24H2,1-4H3.